The average Bonchev–Trinajstić information content (AvgIpc) is 2.37. The predicted molar refractivity (Wildman–Crippen MR) is 74.9 cm³/mol. The van der Waals surface area contributed by atoms with Crippen LogP contribution in [0.25, 0.3) is 0 Å². The number of nitrogens with one attached hydrogen (secondary N) is 1. The van der Waals surface area contributed by atoms with Crippen molar-refractivity contribution in [3.63, 3.8) is 0 Å². The van der Waals surface area contributed by atoms with Gasteiger partial charge in [0.15, 0.2) is 0 Å². The topological polar surface area (TPSA) is 64.3 Å². The summed E-state index contributed by atoms with van der Waals surface area (Å²) in [6.45, 7) is 5.24. The number of hydrogen-bond acceptors (Lipinski definition) is 4. The summed E-state index contributed by atoms with van der Waals surface area (Å²) in [5, 5.41) is 0. The molecule has 0 aliphatic rings. The maximum absolute atomic E-state index is 11.8. The molecule has 0 radical (unpaired) electrons. The molecule has 18 heavy (non-hydrogen) atoms. The van der Waals surface area contributed by atoms with E-state index in [9.17, 15) is 4.79 Å². The molecule has 0 fully saturated rings. The lowest BCUT2D eigenvalue weighted by molar-refractivity contribution is -0.146. The third-order valence-electron chi connectivity index (χ3n) is 2.67. The van der Waals surface area contributed by atoms with E-state index in [0.717, 1.165) is 50.5 Å². The molecule has 0 aliphatic carbocycles. The highest BCUT2D eigenvalue weighted by atomic mass is 16.7. The number of unbranched alkanes of at least 4 members (excludes halogenated alkanes) is 4. The number of allylic oxidation sites excluding steroid dienone is 1. The van der Waals surface area contributed by atoms with Gasteiger partial charge in [0.25, 0.3) is 0 Å². The first-order chi connectivity index (χ1) is 8.76. The van der Waals surface area contributed by atoms with Crippen LogP contribution in [0.4, 0.5) is 0 Å². The Morgan fingerprint density at radius 2 is 1.94 bits per heavy atom. The molecule has 0 aromatic rings. The third kappa shape index (κ3) is 9.19. The molecule has 0 aliphatic heterocycles. The van der Waals surface area contributed by atoms with E-state index in [0.29, 0.717) is 13.1 Å². The van der Waals surface area contributed by atoms with Gasteiger partial charge in [0.05, 0.1) is 0 Å². The fourth-order valence-corrected chi connectivity index (χ4v) is 1.57. The number of carbonyl (C=O) groups is 1. The molecule has 0 atom stereocenters. The molecule has 0 spiro atoms. The minimum absolute atomic E-state index is 0.254. The summed E-state index contributed by atoms with van der Waals surface area (Å²) in [6.07, 6.45) is 9.37. The van der Waals surface area contributed by atoms with Crippen LogP contribution in [0, 0.1) is 0 Å². The molecule has 3 N–H and O–H groups in total. The number of nitrogens with two attached hydrogens (primary N) is 1. The predicted octanol–water partition coefficient (Wildman–Crippen LogP) is 2.69. The highest BCUT2D eigenvalue weighted by Crippen LogP contribution is 2.12. The second-order valence-electron chi connectivity index (χ2n) is 4.40. The Balaban J connectivity index is 4.16. The van der Waals surface area contributed by atoms with Crippen LogP contribution in [0.15, 0.2) is 11.6 Å². The van der Waals surface area contributed by atoms with Gasteiger partial charge in [-0.05, 0) is 19.3 Å². The van der Waals surface area contributed by atoms with Gasteiger partial charge in [0, 0.05) is 18.7 Å². The zero-order valence-corrected chi connectivity index (χ0v) is 11.8. The summed E-state index contributed by atoms with van der Waals surface area (Å²) in [4.78, 5) is 16.8. The van der Waals surface area contributed by atoms with E-state index in [1.54, 1.807) is 0 Å². The van der Waals surface area contributed by atoms with E-state index < -0.39 is 0 Å². The Bertz CT molecular complexity index is 240. The van der Waals surface area contributed by atoms with Crippen molar-refractivity contribution in [3.8, 4) is 0 Å². The van der Waals surface area contributed by atoms with Crippen molar-refractivity contribution in [1.29, 1.82) is 0 Å². The van der Waals surface area contributed by atoms with Crippen LogP contribution in [0.3, 0.4) is 0 Å². The molecule has 0 rings (SSSR count). The normalized spacial score (nSPS) is 11.6. The van der Waals surface area contributed by atoms with E-state index >= 15 is 0 Å². The quantitative estimate of drug-likeness (QED) is 0.339. The molecule has 0 amide bonds. The minimum Gasteiger partial charge on any atom is -0.367 e. The Labute approximate surface area is 111 Å². The van der Waals surface area contributed by atoms with Crippen LogP contribution in [0.1, 0.15) is 58.8 Å². The molecule has 106 valence electrons. The van der Waals surface area contributed by atoms with E-state index in [4.69, 9.17) is 10.6 Å². The number of rotatable bonds is 11. The number of carbonyl (C=O) groups excluding carboxylic acids is 1. The van der Waals surface area contributed by atoms with Gasteiger partial charge in [-0.15, -0.1) is 0 Å². The molecule has 4 nitrogen and oxygen atoms in total. The van der Waals surface area contributed by atoms with Crippen LogP contribution in [0.2, 0.25) is 0 Å². The second kappa shape index (κ2) is 12.6. The molecule has 0 bridgehead atoms. The summed E-state index contributed by atoms with van der Waals surface area (Å²) in [7, 11) is 0. The van der Waals surface area contributed by atoms with Gasteiger partial charge < -0.3 is 10.6 Å². The van der Waals surface area contributed by atoms with Gasteiger partial charge >= 0.3 is 5.97 Å². The Morgan fingerprint density at radius 3 is 2.56 bits per heavy atom. The lowest BCUT2D eigenvalue weighted by Crippen LogP contribution is -2.26. The molecular formula is C14H28N2O2. The monoisotopic (exact) mass is 256 g/mol. The van der Waals surface area contributed by atoms with Gasteiger partial charge in [-0.1, -0.05) is 45.6 Å². The van der Waals surface area contributed by atoms with Gasteiger partial charge in [0.2, 0.25) is 0 Å². The van der Waals surface area contributed by atoms with Crippen LogP contribution < -0.4 is 11.2 Å². The van der Waals surface area contributed by atoms with Gasteiger partial charge in [0.1, 0.15) is 0 Å². The van der Waals surface area contributed by atoms with Crippen LogP contribution in [-0.2, 0) is 9.63 Å². The van der Waals surface area contributed by atoms with Gasteiger partial charge in [-0.2, -0.15) is 5.48 Å². The maximum atomic E-state index is 11.8. The zero-order valence-electron chi connectivity index (χ0n) is 11.8. The Morgan fingerprint density at radius 1 is 1.22 bits per heavy atom. The van der Waals surface area contributed by atoms with E-state index in [1.165, 1.54) is 0 Å². The molecule has 0 aromatic carbocycles. The van der Waals surface area contributed by atoms with E-state index in [-0.39, 0.29) is 5.97 Å². The molecule has 0 saturated carbocycles. The van der Waals surface area contributed by atoms with Crippen molar-refractivity contribution in [3.05, 3.63) is 11.6 Å². The van der Waals surface area contributed by atoms with Crippen molar-refractivity contribution < 1.29 is 9.63 Å². The van der Waals surface area contributed by atoms with Crippen LogP contribution in [0.5, 0.6) is 0 Å². The fraction of sp³-hybridized carbons (Fsp3) is 0.786. The zero-order chi connectivity index (χ0) is 13.6. The third-order valence-corrected chi connectivity index (χ3v) is 2.67. The van der Waals surface area contributed by atoms with Crippen molar-refractivity contribution in [1.82, 2.24) is 5.48 Å². The summed E-state index contributed by atoms with van der Waals surface area (Å²) >= 11 is 0. The average molecular weight is 256 g/mol. The van der Waals surface area contributed by atoms with Crippen LogP contribution >= 0.6 is 0 Å². The number of hydroxylamine groups is 1. The minimum atomic E-state index is -0.254. The SMILES string of the molecule is CCCCC=C(CCCCC)C(=O)ONCCN. The van der Waals surface area contributed by atoms with Crippen molar-refractivity contribution >= 4 is 5.97 Å². The largest absolute Gasteiger partial charge is 0.367 e. The first kappa shape index (κ1) is 17.1. The summed E-state index contributed by atoms with van der Waals surface area (Å²) in [5.41, 5.74) is 8.69. The van der Waals surface area contributed by atoms with Gasteiger partial charge in [-0.3, -0.25) is 0 Å². The molecule has 0 heterocycles. The van der Waals surface area contributed by atoms with Crippen LogP contribution in [-0.4, -0.2) is 19.1 Å². The first-order valence-corrected chi connectivity index (χ1v) is 7.09. The first-order valence-electron chi connectivity index (χ1n) is 7.09. The van der Waals surface area contributed by atoms with Crippen molar-refractivity contribution in [2.24, 2.45) is 5.73 Å². The molecular weight excluding hydrogens is 228 g/mol. The lowest BCUT2D eigenvalue weighted by atomic mass is 10.1. The fourth-order valence-electron chi connectivity index (χ4n) is 1.57. The van der Waals surface area contributed by atoms with E-state index in [1.807, 2.05) is 6.08 Å². The standard InChI is InChI=1S/C14H28N2O2/c1-3-5-7-9-13(10-8-6-4-2)14(17)18-16-12-11-15/h9,16H,3-8,10-12,15H2,1-2H3. The molecule has 0 aromatic heterocycles. The lowest BCUT2D eigenvalue weighted by Gasteiger charge is -2.08. The maximum Gasteiger partial charge on any atom is 0.352 e. The molecule has 4 heteroatoms. The highest BCUT2D eigenvalue weighted by Gasteiger charge is 2.10. The number of hydrogen-bond donors (Lipinski definition) is 2. The second-order valence-corrected chi connectivity index (χ2v) is 4.40. The smallest absolute Gasteiger partial charge is 0.352 e. The Hall–Kier alpha value is -0.870. The highest BCUT2D eigenvalue weighted by molar-refractivity contribution is 5.88. The molecule has 0 saturated heterocycles. The summed E-state index contributed by atoms with van der Waals surface area (Å²) < 4.78 is 0. The Kier molecular flexibility index (Phi) is 12.0. The molecule has 0 unspecified atom stereocenters. The summed E-state index contributed by atoms with van der Waals surface area (Å²) in [6, 6.07) is 0. The van der Waals surface area contributed by atoms with Crippen molar-refractivity contribution in [2.45, 2.75) is 58.8 Å². The van der Waals surface area contributed by atoms with E-state index in [2.05, 4.69) is 19.3 Å². The summed E-state index contributed by atoms with van der Waals surface area (Å²) in [5.74, 6) is -0.254. The van der Waals surface area contributed by atoms with Crippen molar-refractivity contribution in [2.75, 3.05) is 13.1 Å². The van der Waals surface area contributed by atoms with Gasteiger partial charge in [-0.25, -0.2) is 4.79 Å².